The summed E-state index contributed by atoms with van der Waals surface area (Å²) < 4.78 is 6.76. The SMILES string of the molecule is CCCn1c(SC(C)C(=O)Nc2ccc(OC)c(Cl)c2)nc2ccccc2c1=O. The van der Waals surface area contributed by atoms with Crippen molar-refractivity contribution in [2.75, 3.05) is 12.4 Å². The van der Waals surface area contributed by atoms with Crippen LogP contribution >= 0.6 is 23.4 Å². The van der Waals surface area contributed by atoms with Crippen molar-refractivity contribution in [2.45, 2.75) is 37.2 Å². The first-order valence-electron chi connectivity index (χ1n) is 9.25. The number of thioether (sulfide) groups is 1. The van der Waals surface area contributed by atoms with Crippen LogP contribution in [0.1, 0.15) is 20.3 Å². The normalized spacial score (nSPS) is 12.0. The fraction of sp³-hybridized carbons (Fsp3) is 0.286. The van der Waals surface area contributed by atoms with Gasteiger partial charge >= 0.3 is 0 Å². The van der Waals surface area contributed by atoms with Gasteiger partial charge in [-0.2, -0.15) is 0 Å². The summed E-state index contributed by atoms with van der Waals surface area (Å²) in [4.78, 5) is 30.2. The summed E-state index contributed by atoms with van der Waals surface area (Å²) in [5.41, 5.74) is 1.11. The molecular weight excluding hydrogens is 410 g/mol. The second-order valence-corrected chi connectivity index (χ2v) is 8.18. The monoisotopic (exact) mass is 431 g/mol. The van der Waals surface area contributed by atoms with Crippen molar-refractivity contribution < 1.29 is 9.53 Å². The van der Waals surface area contributed by atoms with Crippen molar-refractivity contribution in [2.24, 2.45) is 0 Å². The van der Waals surface area contributed by atoms with Gasteiger partial charge in [0.2, 0.25) is 5.91 Å². The highest BCUT2D eigenvalue weighted by molar-refractivity contribution is 8.00. The molecule has 3 rings (SSSR count). The Morgan fingerprint density at radius 1 is 1.31 bits per heavy atom. The molecule has 0 fully saturated rings. The number of rotatable bonds is 7. The molecular formula is C21H22ClN3O3S. The minimum atomic E-state index is -0.466. The molecule has 29 heavy (non-hydrogen) atoms. The molecule has 0 aliphatic heterocycles. The Hall–Kier alpha value is -2.51. The van der Waals surface area contributed by atoms with Gasteiger partial charge in [0.25, 0.3) is 5.56 Å². The smallest absolute Gasteiger partial charge is 0.262 e. The van der Waals surface area contributed by atoms with Crippen molar-refractivity contribution in [1.29, 1.82) is 0 Å². The largest absolute Gasteiger partial charge is 0.495 e. The van der Waals surface area contributed by atoms with E-state index in [1.807, 2.05) is 19.1 Å². The van der Waals surface area contributed by atoms with E-state index in [9.17, 15) is 9.59 Å². The van der Waals surface area contributed by atoms with Crippen molar-refractivity contribution in [3.05, 3.63) is 57.8 Å². The lowest BCUT2D eigenvalue weighted by Crippen LogP contribution is -2.27. The average molecular weight is 432 g/mol. The molecule has 3 aromatic rings. The van der Waals surface area contributed by atoms with Gasteiger partial charge in [-0.3, -0.25) is 14.2 Å². The number of fused-ring (bicyclic) bond motifs is 1. The maximum atomic E-state index is 12.9. The number of carbonyl (C=O) groups excluding carboxylic acids is 1. The van der Waals surface area contributed by atoms with Crippen LogP contribution in [0.25, 0.3) is 10.9 Å². The number of aromatic nitrogens is 2. The van der Waals surface area contributed by atoms with Crippen LogP contribution < -0.4 is 15.6 Å². The maximum Gasteiger partial charge on any atom is 0.262 e. The highest BCUT2D eigenvalue weighted by Crippen LogP contribution is 2.28. The number of ether oxygens (including phenoxy) is 1. The zero-order chi connectivity index (χ0) is 21.0. The summed E-state index contributed by atoms with van der Waals surface area (Å²) in [5.74, 6) is 0.331. The van der Waals surface area contributed by atoms with Crippen LogP contribution in [-0.4, -0.2) is 27.8 Å². The number of anilines is 1. The molecule has 0 spiro atoms. The minimum absolute atomic E-state index is 0.0884. The van der Waals surface area contributed by atoms with Gasteiger partial charge in [-0.1, -0.05) is 42.4 Å². The number of para-hydroxylation sites is 1. The van der Waals surface area contributed by atoms with Crippen molar-refractivity contribution in [1.82, 2.24) is 9.55 Å². The van der Waals surface area contributed by atoms with E-state index >= 15 is 0 Å². The Bertz CT molecular complexity index is 1100. The van der Waals surface area contributed by atoms with Crippen molar-refractivity contribution >= 4 is 45.9 Å². The van der Waals surface area contributed by atoms with Crippen LogP contribution in [0.5, 0.6) is 5.75 Å². The Morgan fingerprint density at radius 2 is 2.07 bits per heavy atom. The van der Waals surface area contributed by atoms with Crippen LogP contribution in [-0.2, 0) is 11.3 Å². The number of hydrogen-bond acceptors (Lipinski definition) is 5. The van der Waals surface area contributed by atoms with Crippen molar-refractivity contribution in [3.63, 3.8) is 0 Å². The Kier molecular flexibility index (Phi) is 6.82. The number of carbonyl (C=O) groups is 1. The predicted molar refractivity (Wildman–Crippen MR) is 118 cm³/mol. The average Bonchev–Trinajstić information content (AvgIpc) is 2.71. The highest BCUT2D eigenvalue weighted by atomic mass is 35.5. The van der Waals surface area contributed by atoms with Crippen LogP contribution in [0, 0.1) is 0 Å². The van der Waals surface area contributed by atoms with Gasteiger partial charge in [-0.05, 0) is 43.7 Å². The number of hydrogen-bond donors (Lipinski definition) is 1. The summed E-state index contributed by atoms with van der Waals surface area (Å²) in [6.07, 6.45) is 0.790. The summed E-state index contributed by atoms with van der Waals surface area (Å²) in [6.45, 7) is 4.32. The Labute approximate surface area is 178 Å². The standard InChI is InChI=1S/C21H22ClN3O3S/c1-4-11-25-20(27)15-7-5-6-8-17(15)24-21(25)29-13(2)19(26)23-14-9-10-18(28-3)16(22)12-14/h5-10,12-13H,4,11H2,1-3H3,(H,23,26). The van der Waals surface area contributed by atoms with Crippen LogP contribution in [0.3, 0.4) is 0 Å². The molecule has 1 atom stereocenters. The van der Waals surface area contributed by atoms with Crippen LogP contribution in [0.4, 0.5) is 5.69 Å². The first-order chi connectivity index (χ1) is 13.9. The fourth-order valence-electron chi connectivity index (χ4n) is 2.86. The van der Waals surface area contributed by atoms with Crippen LogP contribution in [0.2, 0.25) is 5.02 Å². The zero-order valence-electron chi connectivity index (χ0n) is 16.4. The molecule has 152 valence electrons. The third-order valence-corrected chi connectivity index (χ3v) is 5.73. The molecule has 0 saturated heterocycles. The molecule has 2 aromatic carbocycles. The minimum Gasteiger partial charge on any atom is -0.495 e. The number of halogens is 1. The summed E-state index contributed by atoms with van der Waals surface area (Å²) in [7, 11) is 1.53. The number of methoxy groups -OCH3 is 1. The van der Waals surface area contributed by atoms with Gasteiger partial charge in [0.1, 0.15) is 5.75 Å². The Morgan fingerprint density at radius 3 is 2.76 bits per heavy atom. The highest BCUT2D eigenvalue weighted by Gasteiger charge is 2.19. The second-order valence-electron chi connectivity index (χ2n) is 6.47. The van der Waals surface area contributed by atoms with E-state index in [4.69, 9.17) is 16.3 Å². The second kappa shape index (κ2) is 9.33. The van der Waals surface area contributed by atoms with Gasteiger partial charge in [-0.15, -0.1) is 0 Å². The summed E-state index contributed by atoms with van der Waals surface area (Å²) >= 11 is 7.38. The molecule has 0 bridgehead atoms. The summed E-state index contributed by atoms with van der Waals surface area (Å²) in [5, 5.41) is 3.90. The number of nitrogens with zero attached hydrogens (tertiary/aromatic N) is 2. The molecule has 0 saturated carbocycles. The fourth-order valence-corrected chi connectivity index (χ4v) is 4.05. The quantitative estimate of drug-likeness (QED) is 0.437. The zero-order valence-corrected chi connectivity index (χ0v) is 18.0. The summed E-state index contributed by atoms with van der Waals surface area (Å²) in [6, 6.07) is 12.3. The third-order valence-electron chi connectivity index (χ3n) is 4.34. The van der Waals surface area contributed by atoms with Gasteiger partial charge in [-0.25, -0.2) is 4.98 Å². The lowest BCUT2D eigenvalue weighted by Gasteiger charge is -2.16. The lowest BCUT2D eigenvalue weighted by atomic mass is 10.2. The molecule has 1 amide bonds. The molecule has 1 aromatic heterocycles. The van der Waals surface area contributed by atoms with E-state index in [1.165, 1.54) is 18.9 Å². The molecule has 0 aliphatic rings. The maximum absolute atomic E-state index is 12.9. The van der Waals surface area contributed by atoms with Crippen LogP contribution in [0.15, 0.2) is 52.4 Å². The van der Waals surface area contributed by atoms with Gasteiger partial charge in [0, 0.05) is 12.2 Å². The first-order valence-corrected chi connectivity index (χ1v) is 10.5. The topological polar surface area (TPSA) is 73.2 Å². The van der Waals surface area contributed by atoms with E-state index in [0.29, 0.717) is 39.1 Å². The third kappa shape index (κ3) is 4.74. The van der Waals surface area contributed by atoms with Gasteiger partial charge in [0.05, 0.1) is 28.3 Å². The molecule has 1 unspecified atom stereocenters. The number of amides is 1. The molecule has 1 heterocycles. The Balaban J connectivity index is 1.84. The van der Waals surface area contributed by atoms with E-state index in [0.717, 1.165) is 6.42 Å². The van der Waals surface area contributed by atoms with E-state index in [2.05, 4.69) is 10.3 Å². The predicted octanol–water partition coefficient (Wildman–Crippen LogP) is 4.59. The molecule has 8 heteroatoms. The van der Waals surface area contributed by atoms with Gasteiger partial charge < -0.3 is 10.1 Å². The molecule has 1 N–H and O–H groups in total. The first kappa shape index (κ1) is 21.2. The van der Waals surface area contributed by atoms with E-state index in [1.54, 1.807) is 41.8 Å². The lowest BCUT2D eigenvalue weighted by molar-refractivity contribution is -0.115. The molecule has 0 aliphatic carbocycles. The van der Waals surface area contributed by atoms with E-state index < -0.39 is 5.25 Å². The number of benzene rings is 2. The van der Waals surface area contributed by atoms with Gasteiger partial charge in [0.15, 0.2) is 5.16 Å². The van der Waals surface area contributed by atoms with E-state index in [-0.39, 0.29) is 11.5 Å². The molecule has 0 radical (unpaired) electrons. The number of nitrogens with one attached hydrogen (secondary N) is 1. The van der Waals surface area contributed by atoms with Crippen molar-refractivity contribution in [3.8, 4) is 5.75 Å². The molecule has 6 nitrogen and oxygen atoms in total.